The van der Waals surface area contributed by atoms with Crippen molar-refractivity contribution >= 4 is 0 Å². The van der Waals surface area contributed by atoms with E-state index in [1.165, 1.54) is 5.56 Å². The summed E-state index contributed by atoms with van der Waals surface area (Å²) in [6, 6.07) is 8.77. The molecular formula is C14H21NO2. The molecule has 0 radical (unpaired) electrons. The van der Waals surface area contributed by atoms with Gasteiger partial charge in [0.25, 0.3) is 0 Å². The predicted molar refractivity (Wildman–Crippen MR) is 68.3 cm³/mol. The van der Waals surface area contributed by atoms with Gasteiger partial charge < -0.3 is 14.8 Å². The molecule has 0 aliphatic carbocycles. The van der Waals surface area contributed by atoms with Gasteiger partial charge in [0.1, 0.15) is 5.75 Å². The summed E-state index contributed by atoms with van der Waals surface area (Å²) in [5.74, 6) is 0.946. The normalized spacial score (nSPS) is 19.8. The Kier molecular flexibility index (Phi) is 4.40. The molecule has 3 heteroatoms. The zero-order valence-corrected chi connectivity index (χ0v) is 10.6. The van der Waals surface area contributed by atoms with Gasteiger partial charge in [0.2, 0.25) is 0 Å². The van der Waals surface area contributed by atoms with E-state index in [-0.39, 0.29) is 6.10 Å². The summed E-state index contributed by atoms with van der Waals surface area (Å²) in [5.41, 5.74) is 1.26. The van der Waals surface area contributed by atoms with Gasteiger partial charge >= 0.3 is 0 Å². The number of nitrogens with one attached hydrogen (secondary N) is 1. The minimum Gasteiger partial charge on any atom is -0.491 e. The molecule has 1 aromatic carbocycles. The van der Waals surface area contributed by atoms with Crippen LogP contribution in [0.25, 0.3) is 0 Å². The van der Waals surface area contributed by atoms with Crippen LogP contribution in [0.5, 0.6) is 5.75 Å². The molecule has 0 saturated carbocycles. The van der Waals surface area contributed by atoms with Crippen LogP contribution in [0, 0.1) is 0 Å². The van der Waals surface area contributed by atoms with Gasteiger partial charge in [0, 0.05) is 19.2 Å². The van der Waals surface area contributed by atoms with Crippen molar-refractivity contribution in [3.8, 4) is 5.75 Å². The molecule has 17 heavy (non-hydrogen) atoms. The highest BCUT2D eigenvalue weighted by Gasteiger charge is 2.14. The van der Waals surface area contributed by atoms with Crippen LogP contribution in [0.4, 0.5) is 0 Å². The van der Waals surface area contributed by atoms with Gasteiger partial charge in [-0.15, -0.1) is 0 Å². The van der Waals surface area contributed by atoms with E-state index in [1.807, 2.05) is 26.0 Å². The average molecular weight is 235 g/mol. The van der Waals surface area contributed by atoms with Crippen molar-refractivity contribution in [3.63, 3.8) is 0 Å². The first-order valence-electron chi connectivity index (χ1n) is 6.31. The molecule has 1 unspecified atom stereocenters. The van der Waals surface area contributed by atoms with Crippen LogP contribution in [0.15, 0.2) is 24.3 Å². The average Bonchev–Trinajstić information content (AvgIpc) is 2.79. The van der Waals surface area contributed by atoms with Crippen LogP contribution in [0.1, 0.15) is 25.8 Å². The van der Waals surface area contributed by atoms with Crippen molar-refractivity contribution in [2.45, 2.75) is 39.0 Å². The fourth-order valence-corrected chi connectivity index (χ4v) is 1.96. The monoisotopic (exact) mass is 235 g/mol. The molecule has 1 aliphatic rings. The molecule has 0 aromatic heterocycles. The fourth-order valence-electron chi connectivity index (χ4n) is 1.96. The van der Waals surface area contributed by atoms with E-state index in [4.69, 9.17) is 9.47 Å². The minimum atomic E-state index is 0.224. The first-order chi connectivity index (χ1) is 8.24. The molecule has 0 spiro atoms. The zero-order chi connectivity index (χ0) is 12.1. The largest absolute Gasteiger partial charge is 0.491 e. The van der Waals surface area contributed by atoms with Crippen molar-refractivity contribution in [1.29, 1.82) is 0 Å². The van der Waals surface area contributed by atoms with Crippen LogP contribution in [-0.2, 0) is 11.3 Å². The third-order valence-electron chi connectivity index (χ3n) is 2.79. The maximum atomic E-state index is 5.67. The van der Waals surface area contributed by atoms with E-state index in [1.54, 1.807) is 0 Å². The van der Waals surface area contributed by atoms with E-state index in [9.17, 15) is 0 Å². The SMILES string of the molecule is CC(C)Oc1cccc(CNC2CCOC2)c1. The fraction of sp³-hybridized carbons (Fsp3) is 0.571. The highest BCUT2D eigenvalue weighted by Crippen LogP contribution is 2.15. The molecule has 1 fully saturated rings. The van der Waals surface area contributed by atoms with Gasteiger partial charge in [-0.1, -0.05) is 12.1 Å². The van der Waals surface area contributed by atoms with E-state index in [0.29, 0.717) is 6.04 Å². The Morgan fingerprint density at radius 1 is 1.47 bits per heavy atom. The highest BCUT2D eigenvalue weighted by molar-refractivity contribution is 5.28. The minimum absolute atomic E-state index is 0.224. The lowest BCUT2D eigenvalue weighted by atomic mass is 10.2. The van der Waals surface area contributed by atoms with Crippen molar-refractivity contribution < 1.29 is 9.47 Å². The van der Waals surface area contributed by atoms with Gasteiger partial charge in [-0.2, -0.15) is 0 Å². The zero-order valence-electron chi connectivity index (χ0n) is 10.6. The van der Waals surface area contributed by atoms with E-state index in [2.05, 4.69) is 17.4 Å². The van der Waals surface area contributed by atoms with Gasteiger partial charge in [0.05, 0.1) is 12.7 Å². The van der Waals surface area contributed by atoms with E-state index < -0.39 is 0 Å². The maximum Gasteiger partial charge on any atom is 0.120 e. The second kappa shape index (κ2) is 6.03. The topological polar surface area (TPSA) is 30.5 Å². The number of ether oxygens (including phenoxy) is 2. The summed E-state index contributed by atoms with van der Waals surface area (Å²) in [6.07, 6.45) is 1.34. The molecule has 3 nitrogen and oxygen atoms in total. The molecule has 94 valence electrons. The van der Waals surface area contributed by atoms with E-state index in [0.717, 1.165) is 31.9 Å². The van der Waals surface area contributed by atoms with Crippen molar-refractivity contribution in [2.75, 3.05) is 13.2 Å². The molecule has 1 atom stereocenters. The predicted octanol–water partition coefficient (Wildman–Crippen LogP) is 2.35. The smallest absolute Gasteiger partial charge is 0.120 e. The Morgan fingerprint density at radius 3 is 3.06 bits per heavy atom. The molecule has 1 aliphatic heterocycles. The lowest BCUT2D eigenvalue weighted by molar-refractivity contribution is 0.190. The van der Waals surface area contributed by atoms with Gasteiger partial charge in [-0.25, -0.2) is 0 Å². The summed E-state index contributed by atoms with van der Waals surface area (Å²) in [6.45, 7) is 6.68. The maximum absolute atomic E-state index is 5.67. The Morgan fingerprint density at radius 2 is 2.35 bits per heavy atom. The Labute approximate surface area is 103 Å². The number of hydrogen-bond acceptors (Lipinski definition) is 3. The Bertz CT molecular complexity index is 346. The quantitative estimate of drug-likeness (QED) is 0.850. The number of benzene rings is 1. The first-order valence-corrected chi connectivity index (χ1v) is 6.31. The van der Waals surface area contributed by atoms with Crippen LogP contribution < -0.4 is 10.1 Å². The van der Waals surface area contributed by atoms with Crippen LogP contribution >= 0.6 is 0 Å². The summed E-state index contributed by atoms with van der Waals surface area (Å²) >= 11 is 0. The molecule has 1 heterocycles. The van der Waals surface area contributed by atoms with Gasteiger partial charge in [-0.05, 0) is 38.0 Å². The van der Waals surface area contributed by atoms with Crippen LogP contribution in [0.2, 0.25) is 0 Å². The molecule has 0 amide bonds. The molecule has 0 bridgehead atoms. The molecule has 1 aromatic rings. The third-order valence-corrected chi connectivity index (χ3v) is 2.79. The molecule has 1 saturated heterocycles. The second-order valence-electron chi connectivity index (χ2n) is 4.76. The Hall–Kier alpha value is -1.06. The number of rotatable bonds is 5. The molecule has 1 N–H and O–H groups in total. The standard InChI is InChI=1S/C14H21NO2/c1-11(2)17-14-5-3-4-12(8-14)9-15-13-6-7-16-10-13/h3-5,8,11,13,15H,6-7,9-10H2,1-2H3. The van der Waals surface area contributed by atoms with Crippen LogP contribution in [0.3, 0.4) is 0 Å². The van der Waals surface area contributed by atoms with Gasteiger partial charge in [-0.3, -0.25) is 0 Å². The number of hydrogen-bond donors (Lipinski definition) is 1. The first kappa shape index (κ1) is 12.4. The van der Waals surface area contributed by atoms with Crippen LogP contribution in [-0.4, -0.2) is 25.4 Å². The Balaban J connectivity index is 1.86. The second-order valence-corrected chi connectivity index (χ2v) is 4.76. The molecular weight excluding hydrogens is 214 g/mol. The summed E-state index contributed by atoms with van der Waals surface area (Å²) in [7, 11) is 0. The lowest BCUT2D eigenvalue weighted by Crippen LogP contribution is -2.28. The highest BCUT2D eigenvalue weighted by atomic mass is 16.5. The van der Waals surface area contributed by atoms with Gasteiger partial charge in [0.15, 0.2) is 0 Å². The lowest BCUT2D eigenvalue weighted by Gasteiger charge is -2.13. The molecule has 2 rings (SSSR count). The summed E-state index contributed by atoms with van der Waals surface area (Å²) in [4.78, 5) is 0. The summed E-state index contributed by atoms with van der Waals surface area (Å²) < 4.78 is 11.0. The van der Waals surface area contributed by atoms with Crippen molar-refractivity contribution in [1.82, 2.24) is 5.32 Å². The third kappa shape index (κ3) is 4.02. The summed E-state index contributed by atoms with van der Waals surface area (Å²) in [5, 5.41) is 3.50. The van der Waals surface area contributed by atoms with Crippen molar-refractivity contribution in [2.24, 2.45) is 0 Å². The van der Waals surface area contributed by atoms with E-state index >= 15 is 0 Å². The van der Waals surface area contributed by atoms with Crippen molar-refractivity contribution in [3.05, 3.63) is 29.8 Å².